The van der Waals surface area contributed by atoms with Gasteiger partial charge in [-0.2, -0.15) is 0 Å². The van der Waals surface area contributed by atoms with Gasteiger partial charge >= 0.3 is 0 Å². The molecule has 0 saturated heterocycles. The summed E-state index contributed by atoms with van der Waals surface area (Å²) in [6, 6.07) is 9.86. The Morgan fingerprint density at radius 3 is 2.43 bits per heavy atom. The molecule has 5 nitrogen and oxygen atoms in total. The molecule has 0 aliphatic carbocycles. The van der Waals surface area contributed by atoms with E-state index in [-0.39, 0.29) is 11.7 Å². The second-order valence-electron chi connectivity index (χ2n) is 5.03. The summed E-state index contributed by atoms with van der Waals surface area (Å²) in [7, 11) is 1.74. The molecule has 0 bridgehead atoms. The highest BCUT2D eigenvalue weighted by molar-refractivity contribution is 5.81. The monoisotopic (exact) mass is 285 g/mol. The lowest BCUT2D eigenvalue weighted by atomic mass is 10.1. The maximum absolute atomic E-state index is 12.3. The molecule has 5 heteroatoms. The molecule has 0 saturated carbocycles. The summed E-state index contributed by atoms with van der Waals surface area (Å²) >= 11 is 0. The van der Waals surface area contributed by atoms with Crippen LogP contribution in [0.1, 0.15) is 11.1 Å². The Labute approximate surface area is 124 Å². The van der Waals surface area contributed by atoms with Crippen LogP contribution in [0.2, 0.25) is 0 Å². The van der Waals surface area contributed by atoms with Crippen molar-refractivity contribution in [3.8, 4) is 5.75 Å². The molecule has 0 spiro atoms. The number of aromatic nitrogens is 1. The lowest BCUT2D eigenvalue weighted by Crippen LogP contribution is -2.42. The van der Waals surface area contributed by atoms with E-state index in [9.17, 15) is 9.90 Å². The molecule has 1 heterocycles. The van der Waals surface area contributed by atoms with Crippen molar-refractivity contribution in [3.63, 3.8) is 0 Å². The van der Waals surface area contributed by atoms with Crippen LogP contribution in [0.4, 0.5) is 0 Å². The van der Waals surface area contributed by atoms with Crippen LogP contribution in [0.5, 0.6) is 5.75 Å². The van der Waals surface area contributed by atoms with Gasteiger partial charge in [0.15, 0.2) is 0 Å². The van der Waals surface area contributed by atoms with Gasteiger partial charge in [-0.25, -0.2) is 0 Å². The highest BCUT2D eigenvalue weighted by Gasteiger charge is 2.18. The minimum Gasteiger partial charge on any atom is -0.508 e. The van der Waals surface area contributed by atoms with E-state index in [4.69, 9.17) is 5.73 Å². The minimum atomic E-state index is -0.596. The number of amides is 1. The third-order valence-electron chi connectivity index (χ3n) is 3.25. The largest absolute Gasteiger partial charge is 0.508 e. The number of phenols is 1. The number of hydrogen-bond acceptors (Lipinski definition) is 4. The van der Waals surface area contributed by atoms with E-state index in [2.05, 4.69) is 4.98 Å². The average Bonchev–Trinajstić information content (AvgIpc) is 2.49. The molecule has 0 aliphatic heterocycles. The summed E-state index contributed by atoms with van der Waals surface area (Å²) in [5, 5.41) is 9.24. The summed E-state index contributed by atoms with van der Waals surface area (Å²) in [5.41, 5.74) is 7.91. The number of nitrogens with zero attached hydrogens (tertiary/aromatic N) is 2. The second kappa shape index (κ2) is 6.85. The SMILES string of the molecule is CN(Cc1ccncc1)C(=O)C(N)Cc1ccc(O)cc1. The van der Waals surface area contributed by atoms with Crippen LogP contribution in [0.15, 0.2) is 48.8 Å². The highest BCUT2D eigenvalue weighted by atomic mass is 16.3. The number of carbonyl (C=O) groups excluding carboxylic acids is 1. The van der Waals surface area contributed by atoms with E-state index in [1.807, 2.05) is 12.1 Å². The fourth-order valence-corrected chi connectivity index (χ4v) is 2.10. The molecule has 1 aromatic heterocycles. The first kappa shape index (κ1) is 15.0. The third-order valence-corrected chi connectivity index (χ3v) is 3.25. The molecule has 2 aromatic rings. The summed E-state index contributed by atoms with van der Waals surface area (Å²) < 4.78 is 0. The van der Waals surface area contributed by atoms with Gasteiger partial charge < -0.3 is 15.7 Å². The van der Waals surface area contributed by atoms with Crippen LogP contribution < -0.4 is 5.73 Å². The van der Waals surface area contributed by atoms with Gasteiger partial charge in [0, 0.05) is 26.0 Å². The van der Waals surface area contributed by atoms with Crippen LogP contribution in [-0.4, -0.2) is 34.0 Å². The number of phenolic OH excluding ortho intramolecular Hbond substituents is 1. The molecule has 1 unspecified atom stereocenters. The van der Waals surface area contributed by atoms with Gasteiger partial charge in [-0.3, -0.25) is 9.78 Å². The van der Waals surface area contributed by atoms with Crippen molar-refractivity contribution in [1.29, 1.82) is 0 Å². The number of carbonyl (C=O) groups is 1. The number of likely N-dealkylation sites (N-methyl/N-ethyl adjacent to an activating group) is 1. The molecular weight excluding hydrogens is 266 g/mol. The third kappa shape index (κ3) is 4.29. The van der Waals surface area contributed by atoms with Crippen molar-refractivity contribution in [3.05, 3.63) is 59.9 Å². The van der Waals surface area contributed by atoms with Crippen LogP contribution in [-0.2, 0) is 17.8 Å². The molecule has 0 aliphatic rings. The smallest absolute Gasteiger partial charge is 0.239 e. The van der Waals surface area contributed by atoms with Crippen molar-refractivity contribution in [2.75, 3.05) is 7.05 Å². The second-order valence-corrected chi connectivity index (χ2v) is 5.03. The Morgan fingerprint density at radius 1 is 1.19 bits per heavy atom. The average molecular weight is 285 g/mol. The number of benzene rings is 1. The van der Waals surface area contributed by atoms with Crippen molar-refractivity contribution in [1.82, 2.24) is 9.88 Å². The molecule has 110 valence electrons. The van der Waals surface area contributed by atoms with E-state index in [0.717, 1.165) is 11.1 Å². The zero-order valence-corrected chi connectivity index (χ0v) is 11.9. The Hall–Kier alpha value is -2.40. The minimum absolute atomic E-state index is 0.111. The fraction of sp³-hybridized carbons (Fsp3) is 0.250. The van der Waals surface area contributed by atoms with Crippen LogP contribution >= 0.6 is 0 Å². The van der Waals surface area contributed by atoms with E-state index in [0.29, 0.717) is 13.0 Å². The number of pyridine rings is 1. The standard InChI is InChI=1S/C16H19N3O2/c1-19(11-13-6-8-18-9-7-13)16(21)15(17)10-12-2-4-14(20)5-3-12/h2-9,15,20H,10-11,17H2,1H3. The molecule has 1 aromatic carbocycles. The van der Waals surface area contributed by atoms with Crippen LogP contribution in [0.3, 0.4) is 0 Å². The number of hydrogen-bond donors (Lipinski definition) is 2. The number of nitrogens with two attached hydrogens (primary N) is 1. The lowest BCUT2D eigenvalue weighted by molar-refractivity contribution is -0.131. The molecule has 2 rings (SSSR count). The predicted molar refractivity (Wildman–Crippen MR) is 80.5 cm³/mol. The molecular formula is C16H19N3O2. The van der Waals surface area contributed by atoms with Gasteiger partial charge in [0.25, 0.3) is 0 Å². The molecule has 1 amide bonds. The van der Waals surface area contributed by atoms with Crippen LogP contribution in [0.25, 0.3) is 0 Å². The normalized spacial score (nSPS) is 11.9. The molecule has 0 radical (unpaired) electrons. The summed E-state index contributed by atoms with van der Waals surface area (Å²) in [5.74, 6) is 0.0911. The van der Waals surface area contributed by atoms with E-state index in [1.54, 1.807) is 48.6 Å². The maximum atomic E-state index is 12.3. The van der Waals surface area contributed by atoms with Gasteiger partial charge in [0.2, 0.25) is 5.91 Å². The predicted octanol–water partition coefficient (Wildman–Crippen LogP) is 1.32. The van der Waals surface area contributed by atoms with E-state index < -0.39 is 6.04 Å². The highest BCUT2D eigenvalue weighted by Crippen LogP contribution is 2.12. The van der Waals surface area contributed by atoms with Crippen molar-refractivity contribution >= 4 is 5.91 Å². The molecule has 1 atom stereocenters. The van der Waals surface area contributed by atoms with Crippen LogP contribution in [0, 0.1) is 0 Å². The van der Waals surface area contributed by atoms with Gasteiger partial charge in [0.05, 0.1) is 6.04 Å². The van der Waals surface area contributed by atoms with Crippen molar-refractivity contribution in [2.24, 2.45) is 5.73 Å². The zero-order valence-electron chi connectivity index (χ0n) is 11.9. The Balaban J connectivity index is 1.93. The summed E-state index contributed by atoms with van der Waals surface area (Å²) in [6.45, 7) is 0.505. The first-order valence-corrected chi connectivity index (χ1v) is 6.73. The number of aromatic hydroxyl groups is 1. The first-order chi connectivity index (χ1) is 10.1. The maximum Gasteiger partial charge on any atom is 0.239 e. The Bertz CT molecular complexity index is 584. The van der Waals surface area contributed by atoms with Crippen molar-refractivity contribution in [2.45, 2.75) is 19.0 Å². The molecule has 3 N–H and O–H groups in total. The first-order valence-electron chi connectivity index (χ1n) is 6.73. The molecule has 21 heavy (non-hydrogen) atoms. The van der Waals surface area contributed by atoms with Gasteiger partial charge in [-0.1, -0.05) is 12.1 Å². The quantitative estimate of drug-likeness (QED) is 0.868. The van der Waals surface area contributed by atoms with Gasteiger partial charge in [0.1, 0.15) is 5.75 Å². The summed E-state index contributed by atoms with van der Waals surface area (Å²) in [4.78, 5) is 17.8. The Morgan fingerprint density at radius 2 is 1.81 bits per heavy atom. The number of rotatable bonds is 5. The van der Waals surface area contributed by atoms with E-state index >= 15 is 0 Å². The topological polar surface area (TPSA) is 79.5 Å². The zero-order chi connectivity index (χ0) is 15.2. The van der Waals surface area contributed by atoms with E-state index in [1.165, 1.54) is 0 Å². The van der Waals surface area contributed by atoms with Gasteiger partial charge in [-0.15, -0.1) is 0 Å². The van der Waals surface area contributed by atoms with Gasteiger partial charge in [-0.05, 0) is 41.8 Å². The van der Waals surface area contributed by atoms with Crippen molar-refractivity contribution < 1.29 is 9.90 Å². The summed E-state index contributed by atoms with van der Waals surface area (Å²) in [6.07, 6.45) is 3.84. The Kier molecular flexibility index (Phi) is 4.90. The molecule has 0 fully saturated rings. The fourth-order valence-electron chi connectivity index (χ4n) is 2.10. The lowest BCUT2D eigenvalue weighted by Gasteiger charge is -2.21.